The first-order valence-electron chi connectivity index (χ1n) is 6.01. The van der Waals surface area contributed by atoms with Gasteiger partial charge in [-0.3, -0.25) is 0 Å². The molecule has 3 heteroatoms. The summed E-state index contributed by atoms with van der Waals surface area (Å²) in [6, 6.07) is 8.38. The zero-order valence-corrected chi connectivity index (χ0v) is 12.0. The highest BCUT2D eigenvalue weighted by Crippen LogP contribution is 2.41. The smallest absolute Gasteiger partial charge is 0.123 e. The van der Waals surface area contributed by atoms with Crippen LogP contribution in [0.3, 0.4) is 0 Å². The number of halogens is 1. The standard InChI is InChI=1S/C15H15ClOS/c1-15(2)9-17-13-4-3-10(7-12(13)15)14(16)11-5-6-18-8-11/h3-8,14H,9H2,1-2H3. The molecule has 2 aromatic rings. The maximum atomic E-state index is 6.53. The Balaban J connectivity index is 2.00. The van der Waals surface area contributed by atoms with Crippen LogP contribution in [-0.2, 0) is 5.41 Å². The van der Waals surface area contributed by atoms with Gasteiger partial charge in [0.05, 0.1) is 12.0 Å². The fourth-order valence-corrected chi connectivity index (χ4v) is 3.34. The first kappa shape index (κ1) is 12.1. The quantitative estimate of drug-likeness (QED) is 0.721. The van der Waals surface area contributed by atoms with Crippen LogP contribution in [0.2, 0.25) is 0 Å². The van der Waals surface area contributed by atoms with Gasteiger partial charge in [0.25, 0.3) is 0 Å². The highest BCUT2D eigenvalue weighted by atomic mass is 35.5. The van der Waals surface area contributed by atoms with Crippen molar-refractivity contribution in [2.75, 3.05) is 6.61 Å². The Labute approximate surface area is 116 Å². The first-order chi connectivity index (χ1) is 8.58. The molecule has 1 aromatic heterocycles. The van der Waals surface area contributed by atoms with E-state index in [9.17, 15) is 0 Å². The van der Waals surface area contributed by atoms with Gasteiger partial charge >= 0.3 is 0 Å². The number of ether oxygens (including phenoxy) is 1. The number of thiophene rings is 1. The number of hydrogen-bond acceptors (Lipinski definition) is 2. The third-order valence-corrected chi connectivity index (χ3v) is 4.66. The van der Waals surface area contributed by atoms with E-state index in [1.54, 1.807) is 11.3 Å². The predicted molar refractivity (Wildman–Crippen MR) is 77.0 cm³/mol. The lowest BCUT2D eigenvalue weighted by Gasteiger charge is -2.17. The third-order valence-electron chi connectivity index (χ3n) is 3.45. The van der Waals surface area contributed by atoms with E-state index < -0.39 is 0 Å². The molecule has 0 N–H and O–H groups in total. The zero-order valence-electron chi connectivity index (χ0n) is 10.4. The van der Waals surface area contributed by atoms with E-state index in [2.05, 4.69) is 42.8 Å². The summed E-state index contributed by atoms with van der Waals surface area (Å²) in [6.45, 7) is 5.16. The molecule has 1 aliphatic rings. The molecule has 1 nitrogen and oxygen atoms in total. The average molecular weight is 279 g/mol. The molecule has 0 saturated heterocycles. The van der Waals surface area contributed by atoms with Crippen molar-refractivity contribution in [3.05, 3.63) is 51.7 Å². The molecule has 0 saturated carbocycles. The topological polar surface area (TPSA) is 9.23 Å². The van der Waals surface area contributed by atoms with Crippen LogP contribution in [0.5, 0.6) is 5.75 Å². The molecule has 1 aromatic carbocycles. The van der Waals surface area contributed by atoms with E-state index in [1.807, 2.05) is 6.07 Å². The van der Waals surface area contributed by atoms with Gasteiger partial charge in [0.15, 0.2) is 0 Å². The highest BCUT2D eigenvalue weighted by molar-refractivity contribution is 7.08. The number of hydrogen-bond donors (Lipinski definition) is 0. The van der Waals surface area contributed by atoms with Crippen LogP contribution in [0.15, 0.2) is 35.0 Å². The monoisotopic (exact) mass is 278 g/mol. The molecular weight excluding hydrogens is 264 g/mol. The number of alkyl halides is 1. The number of fused-ring (bicyclic) bond motifs is 1. The molecular formula is C15H15ClOS. The molecule has 0 radical (unpaired) electrons. The van der Waals surface area contributed by atoms with Gasteiger partial charge in [-0.2, -0.15) is 11.3 Å². The van der Waals surface area contributed by atoms with Gasteiger partial charge in [-0.05, 0) is 40.1 Å². The lowest BCUT2D eigenvalue weighted by atomic mass is 9.85. The van der Waals surface area contributed by atoms with Gasteiger partial charge in [0.1, 0.15) is 5.75 Å². The summed E-state index contributed by atoms with van der Waals surface area (Å²) >= 11 is 8.21. The fourth-order valence-electron chi connectivity index (χ4n) is 2.31. The van der Waals surface area contributed by atoms with E-state index in [0.29, 0.717) is 0 Å². The molecule has 94 valence electrons. The van der Waals surface area contributed by atoms with Crippen LogP contribution < -0.4 is 4.74 Å². The van der Waals surface area contributed by atoms with E-state index >= 15 is 0 Å². The predicted octanol–water partition coefficient (Wildman–Crippen LogP) is 4.75. The fraction of sp³-hybridized carbons (Fsp3) is 0.333. The van der Waals surface area contributed by atoms with Crippen molar-refractivity contribution in [3.8, 4) is 5.75 Å². The normalized spacial score (nSPS) is 18.2. The summed E-state index contributed by atoms with van der Waals surface area (Å²) in [6.07, 6.45) is 0. The number of benzene rings is 1. The SMILES string of the molecule is CC1(C)COc2ccc(C(Cl)c3ccsc3)cc21. The Bertz CT molecular complexity index is 560. The molecule has 0 spiro atoms. The molecule has 0 bridgehead atoms. The van der Waals surface area contributed by atoms with Crippen molar-refractivity contribution in [2.45, 2.75) is 24.6 Å². The first-order valence-corrected chi connectivity index (χ1v) is 7.39. The lowest BCUT2D eigenvalue weighted by Crippen LogP contribution is -2.18. The lowest BCUT2D eigenvalue weighted by molar-refractivity contribution is 0.291. The van der Waals surface area contributed by atoms with Crippen LogP contribution in [-0.4, -0.2) is 6.61 Å². The molecule has 0 fully saturated rings. The summed E-state index contributed by atoms with van der Waals surface area (Å²) in [5.74, 6) is 0.998. The Kier molecular flexibility index (Phi) is 2.87. The van der Waals surface area contributed by atoms with E-state index in [1.165, 1.54) is 11.1 Å². The Morgan fingerprint density at radius 2 is 2.11 bits per heavy atom. The van der Waals surface area contributed by atoms with Crippen LogP contribution >= 0.6 is 22.9 Å². The summed E-state index contributed by atoms with van der Waals surface area (Å²) < 4.78 is 5.70. The summed E-state index contributed by atoms with van der Waals surface area (Å²) in [7, 11) is 0. The van der Waals surface area contributed by atoms with E-state index in [4.69, 9.17) is 16.3 Å². The summed E-state index contributed by atoms with van der Waals surface area (Å²) in [5.41, 5.74) is 3.66. The molecule has 0 aliphatic carbocycles. The third kappa shape index (κ3) is 1.94. The number of rotatable bonds is 2. The Morgan fingerprint density at radius 1 is 1.28 bits per heavy atom. The second-order valence-electron chi connectivity index (χ2n) is 5.35. The molecule has 2 heterocycles. The van der Waals surface area contributed by atoms with Crippen molar-refractivity contribution in [2.24, 2.45) is 0 Å². The Morgan fingerprint density at radius 3 is 2.83 bits per heavy atom. The highest BCUT2D eigenvalue weighted by Gasteiger charge is 2.32. The van der Waals surface area contributed by atoms with Crippen molar-refractivity contribution in [1.82, 2.24) is 0 Å². The van der Waals surface area contributed by atoms with Gasteiger partial charge < -0.3 is 4.74 Å². The van der Waals surface area contributed by atoms with Crippen LogP contribution in [0, 0.1) is 0 Å². The zero-order chi connectivity index (χ0) is 12.8. The van der Waals surface area contributed by atoms with Crippen molar-refractivity contribution in [1.29, 1.82) is 0 Å². The van der Waals surface area contributed by atoms with Gasteiger partial charge in [-0.25, -0.2) is 0 Å². The minimum absolute atomic E-state index is 0.0713. The van der Waals surface area contributed by atoms with Crippen molar-refractivity contribution in [3.63, 3.8) is 0 Å². The molecule has 1 aliphatic heterocycles. The van der Waals surface area contributed by atoms with Crippen LogP contribution in [0.25, 0.3) is 0 Å². The molecule has 18 heavy (non-hydrogen) atoms. The maximum Gasteiger partial charge on any atom is 0.123 e. The molecule has 3 rings (SSSR count). The minimum atomic E-state index is -0.0713. The molecule has 0 amide bonds. The van der Waals surface area contributed by atoms with E-state index in [0.717, 1.165) is 17.9 Å². The van der Waals surface area contributed by atoms with Crippen molar-refractivity contribution < 1.29 is 4.74 Å². The van der Waals surface area contributed by atoms with E-state index in [-0.39, 0.29) is 10.8 Å². The Hall–Kier alpha value is -0.990. The average Bonchev–Trinajstić information content (AvgIpc) is 2.97. The van der Waals surface area contributed by atoms with Gasteiger partial charge in [0, 0.05) is 11.0 Å². The summed E-state index contributed by atoms with van der Waals surface area (Å²) in [4.78, 5) is 0. The molecule has 1 atom stereocenters. The van der Waals surface area contributed by atoms with Crippen molar-refractivity contribution >= 4 is 22.9 Å². The van der Waals surface area contributed by atoms with Crippen LogP contribution in [0.4, 0.5) is 0 Å². The van der Waals surface area contributed by atoms with Gasteiger partial charge in [-0.15, -0.1) is 11.6 Å². The maximum absolute atomic E-state index is 6.53. The second kappa shape index (κ2) is 4.29. The van der Waals surface area contributed by atoms with Gasteiger partial charge in [-0.1, -0.05) is 19.9 Å². The second-order valence-corrected chi connectivity index (χ2v) is 6.56. The summed E-state index contributed by atoms with van der Waals surface area (Å²) in [5, 5.41) is 4.09. The van der Waals surface area contributed by atoms with Crippen LogP contribution in [0.1, 0.15) is 35.9 Å². The largest absolute Gasteiger partial charge is 0.492 e. The minimum Gasteiger partial charge on any atom is -0.492 e. The molecule has 1 unspecified atom stereocenters. The van der Waals surface area contributed by atoms with Gasteiger partial charge in [0.2, 0.25) is 0 Å².